The molecule has 0 aliphatic rings. The molecule has 10 heteroatoms. The van der Waals surface area contributed by atoms with Gasteiger partial charge in [-0.1, -0.05) is 86.1 Å². The van der Waals surface area contributed by atoms with Crippen molar-refractivity contribution in [1.82, 2.24) is 20.2 Å². The van der Waals surface area contributed by atoms with Crippen molar-refractivity contribution in [3.8, 4) is 22.8 Å². The summed E-state index contributed by atoms with van der Waals surface area (Å²) in [6, 6.07) is 21.1. The van der Waals surface area contributed by atoms with E-state index in [0.29, 0.717) is 26.7 Å². The number of amides is 1. The highest BCUT2D eigenvalue weighted by Crippen LogP contribution is 2.31. The third-order valence-corrected chi connectivity index (χ3v) is 7.66. The molecule has 202 valence electrons. The molecule has 0 unspecified atom stereocenters. The number of carbonyl (C=O) groups is 1. The van der Waals surface area contributed by atoms with Crippen LogP contribution in [-0.4, -0.2) is 39.2 Å². The molecule has 4 rings (SSSR count). The van der Waals surface area contributed by atoms with E-state index in [-0.39, 0.29) is 17.1 Å². The van der Waals surface area contributed by atoms with Crippen LogP contribution in [0.3, 0.4) is 0 Å². The second-order valence-electron chi connectivity index (χ2n) is 9.82. The first-order valence-corrected chi connectivity index (χ1v) is 13.9. The van der Waals surface area contributed by atoms with E-state index in [9.17, 15) is 4.79 Å². The molecule has 0 aliphatic carbocycles. The van der Waals surface area contributed by atoms with Crippen molar-refractivity contribution in [3.05, 3.63) is 87.9 Å². The number of ether oxygens (including phenoxy) is 1. The van der Waals surface area contributed by atoms with Gasteiger partial charge < -0.3 is 4.74 Å². The molecule has 1 heterocycles. The average Bonchev–Trinajstić information content (AvgIpc) is 3.35. The topological polar surface area (TPSA) is 81.4 Å². The number of benzene rings is 3. The van der Waals surface area contributed by atoms with Gasteiger partial charge in [0.25, 0.3) is 5.91 Å². The van der Waals surface area contributed by atoms with Crippen molar-refractivity contribution in [1.29, 1.82) is 0 Å². The van der Waals surface area contributed by atoms with Crippen molar-refractivity contribution >= 4 is 46.6 Å². The SMILES string of the molecule is COc1ccc(-n2c(SCC(=O)N/N=C(\C)c3ccc(Cl)c(Cl)c3)nnc2-c2ccc(C(C)(C)C)cc2)cc1. The van der Waals surface area contributed by atoms with E-state index in [1.165, 1.54) is 17.3 Å². The summed E-state index contributed by atoms with van der Waals surface area (Å²) in [5.41, 5.74) is 7.01. The Balaban J connectivity index is 1.56. The fraction of sp³-hybridized carbons (Fsp3) is 0.241. The van der Waals surface area contributed by atoms with Gasteiger partial charge in [-0.2, -0.15) is 5.10 Å². The Labute approximate surface area is 242 Å². The number of aromatic nitrogens is 3. The van der Waals surface area contributed by atoms with Crippen molar-refractivity contribution < 1.29 is 9.53 Å². The highest BCUT2D eigenvalue weighted by Gasteiger charge is 2.19. The minimum atomic E-state index is -0.278. The first-order valence-electron chi connectivity index (χ1n) is 12.2. The molecule has 0 spiro atoms. The van der Waals surface area contributed by atoms with Crippen LogP contribution in [0.25, 0.3) is 17.1 Å². The molecule has 3 aromatic carbocycles. The Morgan fingerprint density at radius 2 is 1.69 bits per heavy atom. The van der Waals surface area contributed by atoms with E-state index in [4.69, 9.17) is 27.9 Å². The molecule has 1 aromatic heterocycles. The van der Waals surface area contributed by atoms with Gasteiger partial charge in [-0.25, -0.2) is 5.43 Å². The first-order chi connectivity index (χ1) is 18.6. The molecule has 0 saturated heterocycles. The summed E-state index contributed by atoms with van der Waals surface area (Å²) in [7, 11) is 1.63. The Kier molecular flexibility index (Phi) is 9.00. The smallest absolute Gasteiger partial charge is 0.250 e. The Morgan fingerprint density at radius 3 is 2.31 bits per heavy atom. The lowest BCUT2D eigenvalue weighted by molar-refractivity contribution is -0.118. The number of hydrogen-bond donors (Lipinski definition) is 1. The van der Waals surface area contributed by atoms with Crippen LogP contribution in [0.15, 0.2) is 77.0 Å². The van der Waals surface area contributed by atoms with Crippen LogP contribution in [0.2, 0.25) is 10.0 Å². The molecule has 0 aliphatic heterocycles. The Morgan fingerprint density at radius 1 is 1.00 bits per heavy atom. The summed E-state index contributed by atoms with van der Waals surface area (Å²) in [5.74, 6) is 1.23. The number of methoxy groups -OCH3 is 1. The van der Waals surface area contributed by atoms with Crippen LogP contribution in [0, 0.1) is 0 Å². The number of nitrogens with zero attached hydrogens (tertiary/aromatic N) is 4. The summed E-state index contributed by atoms with van der Waals surface area (Å²) < 4.78 is 7.26. The molecule has 0 saturated carbocycles. The summed E-state index contributed by atoms with van der Waals surface area (Å²) in [6.45, 7) is 8.32. The van der Waals surface area contributed by atoms with E-state index in [1.54, 1.807) is 32.2 Å². The molecule has 0 atom stereocenters. The quantitative estimate of drug-likeness (QED) is 0.135. The van der Waals surface area contributed by atoms with Crippen LogP contribution in [0.5, 0.6) is 5.75 Å². The van der Waals surface area contributed by atoms with Crippen molar-refractivity contribution in [2.24, 2.45) is 5.10 Å². The average molecular weight is 583 g/mol. The zero-order valence-electron chi connectivity index (χ0n) is 22.3. The van der Waals surface area contributed by atoms with Gasteiger partial charge in [0.05, 0.1) is 28.6 Å². The fourth-order valence-electron chi connectivity index (χ4n) is 3.73. The summed E-state index contributed by atoms with van der Waals surface area (Å²) in [4.78, 5) is 12.7. The van der Waals surface area contributed by atoms with Gasteiger partial charge in [-0.05, 0) is 59.9 Å². The minimum absolute atomic E-state index is 0.0389. The monoisotopic (exact) mass is 581 g/mol. The van der Waals surface area contributed by atoms with Gasteiger partial charge in [0.1, 0.15) is 5.75 Å². The molecular formula is C29H29Cl2N5O2S. The van der Waals surface area contributed by atoms with Crippen molar-refractivity contribution in [3.63, 3.8) is 0 Å². The number of carbonyl (C=O) groups excluding carboxylic acids is 1. The van der Waals surface area contributed by atoms with Gasteiger partial charge in [-0.15, -0.1) is 10.2 Å². The highest BCUT2D eigenvalue weighted by molar-refractivity contribution is 7.99. The fourth-order valence-corrected chi connectivity index (χ4v) is 4.77. The van der Waals surface area contributed by atoms with Crippen LogP contribution in [0.4, 0.5) is 0 Å². The molecule has 4 aromatic rings. The molecule has 0 radical (unpaired) electrons. The van der Waals surface area contributed by atoms with Gasteiger partial charge in [0.2, 0.25) is 0 Å². The number of hydrazone groups is 1. The van der Waals surface area contributed by atoms with Crippen LogP contribution in [0.1, 0.15) is 38.8 Å². The standard InChI is InChI=1S/C29H29Cl2N5O2S/c1-18(20-8-15-24(30)25(31)16-20)32-33-26(37)17-39-28-35-34-27(19-6-9-21(10-7-19)29(2,3)4)36(28)22-11-13-23(38-5)14-12-22/h6-16H,17H2,1-5H3,(H,33,37)/b32-18+. The van der Waals surface area contributed by atoms with Gasteiger partial charge in [-0.3, -0.25) is 9.36 Å². The first kappa shape index (κ1) is 28.7. The Hall–Kier alpha value is -3.33. The summed E-state index contributed by atoms with van der Waals surface area (Å²) >= 11 is 13.4. The number of halogens is 2. The van der Waals surface area contributed by atoms with E-state index in [0.717, 1.165) is 22.6 Å². The van der Waals surface area contributed by atoms with Crippen molar-refractivity contribution in [2.45, 2.75) is 38.3 Å². The number of thioether (sulfide) groups is 1. The third kappa shape index (κ3) is 7.01. The second-order valence-corrected chi connectivity index (χ2v) is 11.6. The van der Waals surface area contributed by atoms with Crippen molar-refractivity contribution in [2.75, 3.05) is 12.9 Å². The summed E-state index contributed by atoms with van der Waals surface area (Å²) in [5, 5.41) is 14.6. The van der Waals surface area contributed by atoms with Gasteiger partial charge >= 0.3 is 0 Å². The number of rotatable bonds is 8. The third-order valence-electron chi connectivity index (χ3n) is 5.99. The lowest BCUT2D eigenvalue weighted by Crippen LogP contribution is -2.21. The molecule has 1 N–H and O–H groups in total. The number of hydrogen-bond acceptors (Lipinski definition) is 6. The molecule has 0 bridgehead atoms. The maximum atomic E-state index is 12.7. The van der Waals surface area contributed by atoms with Crippen LogP contribution >= 0.6 is 35.0 Å². The van der Waals surface area contributed by atoms with E-state index >= 15 is 0 Å². The predicted molar refractivity (Wildman–Crippen MR) is 160 cm³/mol. The molecule has 39 heavy (non-hydrogen) atoms. The zero-order chi connectivity index (χ0) is 28.2. The predicted octanol–water partition coefficient (Wildman–Crippen LogP) is 7.18. The molecule has 7 nitrogen and oxygen atoms in total. The molecular weight excluding hydrogens is 553 g/mol. The van der Waals surface area contributed by atoms with E-state index < -0.39 is 0 Å². The van der Waals surface area contributed by atoms with E-state index in [2.05, 4.69) is 53.6 Å². The van der Waals surface area contributed by atoms with Crippen LogP contribution < -0.4 is 10.2 Å². The summed E-state index contributed by atoms with van der Waals surface area (Å²) in [6.07, 6.45) is 0. The normalized spacial score (nSPS) is 11.9. The lowest BCUT2D eigenvalue weighted by Gasteiger charge is -2.19. The van der Waals surface area contributed by atoms with Gasteiger partial charge in [0, 0.05) is 11.3 Å². The van der Waals surface area contributed by atoms with E-state index in [1.807, 2.05) is 41.0 Å². The molecule has 1 amide bonds. The van der Waals surface area contributed by atoms with Gasteiger partial charge in [0.15, 0.2) is 11.0 Å². The largest absolute Gasteiger partial charge is 0.497 e. The maximum Gasteiger partial charge on any atom is 0.250 e. The van der Waals surface area contributed by atoms with Crippen LogP contribution in [-0.2, 0) is 10.2 Å². The zero-order valence-corrected chi connectivity index (χ0v) is 24.7. The second kappa shape index (κ2) is 12.2. The minimum Gasteiger partial charge on any atom is -0.497 e. The molecule has 0 fully saturated rings. The maximum absolute atomic E-state index is 12.7. The highest BCUT2D eigenvalue weighted by atomic mass is 35.5. The lowest BCUT2D eigenvalue weighted by atomic mass is 9.87. The number of nitrogens with one attached hydrogen (secondary N) is 1. The Bertz CT molecular complexity index is 1490.